The van der Waals surface area contributed by atoms with E-state index in [1.165, 1.54) is 16.7 Å². The lowest BCUT2D eigenvalue weighted by molar-refractivity contribution is 0.414. The summed E-state index contributed by atoms with van der Waals surface area (Å²) in [6, 6.07) is 20.9. The number of phenols is 1. The molecule has 0 unspecified atom stereocenters. The van der Waals surface area contributed by atoms with Crippen LogP contribution in [0.2, 0.25) is 0 Å². The average molecular weight is 377 g/mol. The Kier molecular flexibility index (Phi) is 6.17. The molecule has 0 aliphatic rings. The summed E-state index contributed by atoms with van der Waals surface area (Å²) >= 11 is 0. The molecule has 0 radical (unpaired) electrons. The summed E-state index contributed by atoms with van der Waals surface area (Å²) in [5.41, 5.74) is 4.95. The van der Waals surface area contributed by atoms with Crippen molar-refractivity contribution in [2.45, 2.75) is 19.8 Å². The molecule has 4 rings (SSSR count). The van der Waals surface area contributed by atoms with Crippen LogP contribution in [-0.2, 0) is 12.8 Å². The highest BCUT2D eigenvalue weighted by Gasteiger charge is 2.03. The third-order valence-corrected chi connectivity index (χ3v) is 4.38. The predicted molar refractivity (Wildman–Crippen MR) is 110 cm³/mol. The van der Waals surface area contributed by atoms with Crippen molar-refractivity contribution < 1.29 is 14.3 Å². The summed E-state index contributed by atoms with van der Waals surface area (Å²) in [4.78, 5) is 13.8. The molecule has 0 saturated carbocycles. The van der Waals surface area contributed by atoms with Gasteiger partial charge in [0.2, 0.25) is 0 Å². The van der Waals surface area contributed by atoms with Gasteiger partial charge in [0.25, 0.3) is 0 Å². The highest BCUT2D eigenvalue weighted by atomic mass is 16.5. The van der Waals surface area contributed by atoms with Gasteiger partial charge >= 0.3 is 5.76 Å². The maximum absolute atomic E-state index is 11.1. The number of hydrogen-bond donors (Lipinski definition) is 2. The largest absolute Gasteiger partial charge is 0.508 e. The Morgan fingerprint density at radius 2 is 1.57 bits per heavy atom. The van der Waals surface area contributed by atoms with E-state index >= 15 is 0 Å². The number of rotatable bonds is 4. The van der Waals surface area contributed by atoms with Crippen molar-refractivity contribution in [2.24, 2.45) is 0 Å². The molecule has 0 aliphatic heterocycles. The van der Waals surface area contributed by atoms with E-state index in [9.17, 15) is 4.79 Å². The molecule has 3 aromatic carbocycles. The lowest BCUT2D eigenvalue weighted by Gasteiger charge is -2.04. The van der Waals surface area contributed by atoms with Gasteiger partial charge in [-0.1, -0.05) is 35.9 Å². The minimum Gasteiger partial charge on any atom is -0.508 e. The van der Waals surface area contributed by atoms with Gasteiger partial charge in [0.05, 0.1) is 12.6 Å². The van der Waals surface area contributed by atoms with Crippen LogP contribution in [0, 0.1) is 6.92 Å². The summed E-state index contributed by atoms with van der Waals surface area (Å²) in [7, 11) is 1.66. The Bertz CT molecular complexity index is 1060. The van der Waals surface area contributed by atoms with E-state index in [-0.39, 0.29) is 0 Å². The Hall–Kier alpha value is -3.47. The van der Waals surface area contributed by atoms with Crippen LogP contribution in [0.25, 0.3) is 11.1 Å². The molecule has 144 valence electrons. The first-order valence-corrected chi connectivity index (χ1v) is 9.04. The quantitative estimate of drug-likeness (QED) is 0.544. The minimum atomic E-state index is -0.410. The fourth-order valence-corrected chi connectivity index (χ4v) is 2.78. The van der Waals surface area contributed by atoms with Gasteiger partial charge in [-0.15, -0.1) is 0 Å². The lowest BCUT2D eigenvalue weighted by Crippen LogP contribution is -1.93. The first kappa shape index (κ1) is 19.3. The second-order valence-electron chi connectivity index (χ2n) is 6.53. The third kappa shape index (κ3) is 5.27. The number of aryl methyl sites for hydroxylation is 3. The maximum Gasteiger partial charge on any atom is 0.417 e. The molecular weight excluding hydrogens is 354 g/mol. The van der Waals surface area contributed by atoms with Crippen LogP contribution in [0.3, 0.4) is 0 Å². The van der Waals surface area contributed by atoms with Crippen LogP contribution in [0.5, 0.6) is 11.5 Å². The Morgan fingerprint density at radius 1 is 0.929 bits per heavy atom. The fourth-order valence-electron chi connectivity index (χ4n) is 2.78. The van der Waals surface area contributed by atoms with Crippen LogP contribution in [0.15, 0.2) is 75.9 Å². The average Bonchev–Trinajstić information content (AvgIpc) is 3.09. The minimum absolute atomic E-state index is 0.329. The first-order chi connectivity index (χ1) is 13.5. The van der Waals surface area contributed by atoms with Crippen LogP contribution in [-0.4, -0.2) is 17.2 Å². The van der Waals surface area contributed by atoms with Crippen molar-refractivity contribution >= 4 is 11.1 Å². The zero-order chi connectivity index (χ0) is 19.9. The third-order valence-electron chi connectivity index (χ3n) is 4.38. The first-order valence-electron chi connectivity index (χ1n) is 9.04. The van der Waals surface area contributed by atoms with Crippen molar-refractivity contribution in [3.05, 3.63) is 94.0 Å². The number of phenolic OH excluding ortho intramolecular Hbond substituents is 1. The van der Waals surface area contributed by atoms with Gasteiger partial charge in [-0.05, 0) is 67.3 Å². The molecular formula is C23H23NO4. The van der Waals surface area contributed by atoms with E-state index in [1.54, 1.807) is 19.2 Å². The smallest absolute Gasteiger partial charge is 0.417 e. The maximum atomic E-state index is 11.1. The van der Waals surface area contributed by atoms with E-state index in [1.807, 2.05) is 49.4 Å². The summed E-state index contributed by atoms with van der Waals surface area (Å²) < 4.78 is 10.1. The van der Waals surface area contributed by atoms with E-state index in [0.29, 0.717) is 11.3 Å². The monoisotopic (exact) mass is 377 g/mol. The summed E-state index contributed by atoms with van der Waals surface area (Å²) in [5, 5.41) is 8.76. The number of aromatic nitrogens is 1. The topological polar surface area (TPSA) is 75.5 Å². The second-order valence-corrected chi connectivity index (χ2v) is 6.53. The molecule has 0 saturated heterocycles. The van der Waals surface area contributed by atoms with E-state index in [2.05, 4.69) is 17.1 Å². The molecule has 28 heavy (non-hydrogen) atoms. The molecule has 1 heterocycles. The van der Waals surface area contributed by atoms with Crippen molar-refractivity contribution in [2.75, 3.05) is 7.11 Å². The number of nitrogens with one attached hydrogen (secondary N) is 1. The van der Waals surface area contributed by atoms with Crippen LogP contribution < -0.4 is 10.5 Å². The Balaban J connectivity index is 0.000000236. The summed E-state index contributed by atoms with van der Waals surface area (Å²) in [6.45, 7) is 1.99. The van der Waals surface area contributed by atoms with Gasteiger partial charge in [0, 0.05) is 0 Å². The molecule has 0 fully saturated rings. The number of methoxy groups -OCH3 is 1. The predicted octanol–water partition coefficient (Wildman–Crippen LogP) is 4.62. The fraction of sp³-hybridized carbons (Fsp3) is 0.174. The van der Waals surface area contributed by atoms with Gasteiger partial charge in [0.15, 0.2) is 5.58 Å². The van der Waals surface area contributed by atoms with E-state index in [0.717, 1.165) is 24.1 Å². The van der Waals surface area contributed by atoms with Crippen LogP contribution in [0.4, 0.5) is 0 Å². The van der Waals surface area contributed by atoms with Crippen molar-refractivity contribution in [1.29, 1.82) is 0 Å². The number of aromatic hydroxyl groups is 1. The zero-order valence-electron chi connectivity index (χ0n) is 15.9. The molecule has 4 aromatic rings. The Labute approximate surface area is 163 Å². The highest BCUT2D eigenvalue weighted by Crippen LogP contribution is 2.16. The number of hydrogen-bond acceptors (Lipinski definition) is 4. The molecule has 1 aromatic heterocycles. The van der Waals surface area contributed by atoms with E-state index in [4.69, 9.17) is 14.3 Å². The highest BCUT2D eigenvalue weighted by molar-refractivity contribution is 5.72. The van der Waals surface area contributed by atoms with Gasteiger partial charge in [0.1, 0.15) is 11.5 Å². The van der Waals surface area contributed by atoms with Gasteiger partial charge in [-0.2, -0.15) is 0 Å². The molecule has 5 nitrogen and oxygen atoms in total. The molecule has 2 N–H and O–H groups in total. The van der Waals surface area contributed by atoms with Crippen molar-refractivity contribution in [1.82, 2.24) is 4.98 Å². The number of oxazole rings is 1. The van der Waals surface area contributed by atoms with Gasteiger partial charge in [-0.25, -0.2) is 4.79 Å². The molecule has 0 aliphatic carbocycles. The zero-order valence-corrected chi connectivity index (χ0v) is 15.9. The summed E-state index contributed by atoms with van der Waals surface area (Å²) in [5.74, 6) is 0.786. The standard InChI is InChI=1S/C16H15NO3.C7H8O/c1-19-13-7-4-11(5-8-13)2-3-12-6-9-15-14(10-12)17-16(18)20-15;1-6-2-4-7(8)5-3-6/h4-10H,2-3H2,1H3,(H,17,18);2-5,8H,1H3. The van der Waals surface area contributed by atoms with Gasteiger partial charge in [-0.3, -0.25) is 4.98 Å². The van der Waals surface area contributed by atoms with Crippen LogP contribution >= 0.6 is 0 Å². The number of fused-ring (bicyclic) bond motifs is 1. The van der Waals surface area contributed by atoms with Crippen molar-refractivity contribution in [3.63, 3.8) is 0 Å². The number of aromatic amines is 1. The molecule has 0 atom stereocenters. The number of H-pyrrole nitrogens is 1. The normalized spacial score (nSPS) is 10.4. The van der Waals surface area contributed by atoms with E-state index < -0.39 is 5.76 Å². The Morgan fingerprint density at radius 3 is 2.21 bits per heavy atom. The summed E-state index contributed by atoms with van der Waals surface area (Å²) in [6.07, 6.45) is 1.85. The van der Waals surface area contributed by atoms with Crippen molar-refractivity contribution in [3.8, 4) is 11.5 Å². The number of benzene rings is 3. The van der Waals surface area contributed by atoms with Gasteiger partial charge < -0.3 is 14.3 Å². The lowest BCUT2D eigenvalue weighted by atomic mass is 10.0. The SMILES string of the molecule is COc1ccc(CCc2ccc3oc(=O)[nH]c3c2)cc1.Cc1ccc(O)cc1. The molecule has 0 bridgehead atoms. The molecule has 0 spiro atoms. The molecule has 5 heteroatoms. The second kappa shape index (κ2) is 8.95. The molecule has 0 amide bonds. The number of ether oxygens (including phenoxy) is 1. The van der Waals surface area contributed by atoms with Crippen LogP contribution in [0.1, 0.15) is 16.7 Å².